The van der Waals surface area contributed by atoms with Crippen molar-refractivity contribution in [3.05, 3.63) is 35.9 Å². The van der Waals surface area contributed by atoms with Gasteiger partial charge in [0, 0.05) is 32.0 Å². The van der Waals surface area contributed by atoms with Crippen molar-refractivity contribution in [2.75, 3.05) is 19.6 Å². The van der Waals surface area contributed by atoms with Gasteiger partial charge in [-0.05, 0) is 24.3 Å². The third-order valence-electron chi connectivity index (χ3n) is 5.55. The minimum Gasteiger partial charge on any atom is -0.386 e. The van der Waals surface area contributed by atoms with Crippen molar-refractivity contribution < 1.29 is 14.4 Å². The van der Waals surface area contributed by atoms with E-state index in [0.717, 1.165) is 12.8 Å². The van der Waals surface area contributed by atoms with Gasteiger partial charge in [-0.25, -0.2) is 4.79 Å². The number of rotatable bonds is 5. The molecule has 0 radical (unpaired) electrons. The van der Waals surface area contributed by atoms with Gasteiger partial charge in [-0.1, -0.05) is 42.4 Å². The highest BCUT2D eigenvalue weighted by molar-refractivity contribution is 6.39. The van der Waals surface area contributed by atoms with E-state index in [9.17, 15) is 9.59 Å². The number of carbonyl (C=O) groups is 2. The summed E-state index contributed by atoms with van der Waals surface area (Å²) in [4.78, 5) is 32.1. The van der Waals surface area contributed by atoms with Crippen LogP contribution in [0, 0.1) is 0 Å². The van der Waals surface area contributed by atoms with Crippen LogP contribution in [0.2, 0.25) is 0 Å². The minimum atomic E-state index is -0.543. The lowest BCUT2D eigenvalue weighted by Crippen LogP contribution is -2.43. The van der Waals surface area contributed by atoms with Gasteiger partial charge >= 0.3 is 6.03 Å². The molecule has 0 bridgehead atoms. The molecule has 1 aromatic rings. The van der Waals surface area contributed by atoms with Crippen molar-refractivity contribution in [1.82, 2.24) is 15.5 Å². The summed E-state index contributed by atoms with van der Waals surface area (Å²) in [7, 11) is 0. The SMILES string of the molecule is C[C@@H](CNC(=O)C1=NO[C@]2(CCN(C(=O)NC3CC3)C2)C1)c1ccccc1. The highest BCUT2D eigenvalue weighted by Crippen LogP contribution is 2.34. The number of urea groups is 1. The molecule has 7 heteroatoms. The Morgan fingerprint density at radius 1 is 1.33 bits per heavy atom. The van der Waals surface area contributed by atoms with Crippen molar-refractivity contribution in [1.29, 1.82) is 0 Å². The van der Waals surface area contributed by atoms with Crippen molar-refractivity contribution in [3.63, 3.8) is 0 Å². The number of likely N-dealkylation sites (tertiary alicyclic amines) is 1. The lowest BCUT2D eigenvalue weighted by Gasteiger charge is -2.22. The van der Waals surface area contributed by atoms with Crippen LogP contribution in [0.5, 0.6) is 0 Å². The molecular formula is C20H26N4O3. The second kappa shape index (κ2) is 7.21. The maximum atomic E-state index is 12.5. The maximum Gasteiger partial charge on any atom is 0.317 e. The summed E-state index contributed by atoms with van der Waals surface area (Å²) in [6, 6.07) is 10.4. The van der Waals surface area contributed by atoms with Gasteiger partial charge in [0.15, 0.2) is 5.60 Å². The predicted octanol–water partition coefficient (Wildman–Crippen LogP) is 2.00. The van der Waals surface area contributed by atoms with E-state index in [4.69, 9.17) is 4.84 Å². The van der Waals surface area contributed by atoms with Crippen LogP contribution in [0.3, 0.4) is 0 Å². The Morgan fingerprint density at radius 2 is 2.11 bits per heavy atom. The zero-order valence-electron chi connectivity index (χ0n) is 15.6. The first kappa shape index (κ1) is 17.8. The molecule has 144 valence electrons. The average molecular weight is 370 g/mol. The lowest BCUT2D eigenvalue weighted by atomic mass is 9.96. The molecule has 4 rings (SSSR count). The van der Waals surface area contributed by atoms with Crippen LogP contribution in [-0.4, -0.2) is 53.8 Å². The summed E-state index contributed by atoms with van der Waals surface area (Å²) < 4.78 is 0. The summed E-state index contributed by atoms with van der Waals surface area (Å²) in [5.74, 6) is 0.0376. The first-order valence-corrected chi connectivity index (χ1v) is 9.68. The van der Waals surface area contributed by atoms with Crippen molar-refractivity contribution in [2.45, 2.75) is 50.2 Å². The Kier molecular flexibility index (Phi) is 4.76. The smallest absolute Gasteiger partial charge is 0.317 e. The number of hydrogen-bond donors (Lipinski definition) is 2. The summed E-state index contributed by atoms with van der Waals surface area (Å²) in [6.45, 7) is 3.74. The molecule has 2 aliphatic heterocycles. The van der Waals surface area contributed by atoms with Crippen molar-refractivity contribution in [2.24, 2.45) is 5.16 Å². The van der Waals surface area contributed by atoms with E-state index in [-0.39, 0.29) is 17.9 Å². The molecule has 1 spiro atoms. The topological polar surface area (TPSA) is 83.0 Å². The fourth-order valence-electron chi connectivity index (χ4n) is 3.62. The third-order valence-corrected chi connectivity index (χ3v) is 5.55. The monoisotopic (exact) mass is 370 g/mol. The molecule has 1 aliphatic carbocycles. The Hall–Kier alpha value is -2.57. The first-order valence-electron chi connectivity index (χ1n) is 9.68. The zero-order chi connectivity index (χ0) is 18.9. The number of oxime groups is 1. The Labute approximate surface area is 159 Å². The van der Waals surface area contributed by atoms with Gasteiger partial charge in [-0.2, -0.15) is 0 Å². The van der Waals surface area contributed by atoms with E-state index in [2.05, 4.69) is 34.8 Å². The molecule has 1 saturated carbocycles. The standard InChI is InChI=1S/C20H26N4O3/c1-14(15-5-3-2-4-6-15)12-21-18(25)17-11-20(27-23-17)9-10-24(13-20)19(26)22-16-7-8-16/h2-6,14,16H,7-13H2,1H3,(H,21,25)(H,22,26)/t14-,20+/m0/s1. The average Bonchev–Trinajstić information content (AvgIpc) is 3.25. The zero-order valence-corrected chi connectivity index (χ0v) is 15.6. The second-order valence-corrected chi connectivity index (χ2v) is 7.91. The van der Waals surface area contributed by atoms with E-state index in [1.165, 1.54) is 5.56 Å². The molecule has 0 aromatic heterocycles. The first-order chi connectivity index (χ1) is 13.0. The van der Waals surface area contributed by atoms with Crippen LogP contribution in [0.1, 0.15) is 44.1 Å². The molecule has 2 N–H and O–H groups in total. The van der Waals surface area contributed by atoms with Crippen molar-refractivity contribution >= 4 is 17.6 Å². The quantitative estimate of drug-likeness (QED) is 0.832. The van der Waals surface area contributed by atoms with Gasteiger partial charge in [0.25, 0.3) is 5.91 Å². The number of nitrogens with one attached hydrogen (secondary N) is 2. The van der Waals surface area contributed by atoms with Crippen LogP contribution in [0.25, 0.3) is 0 Å². The maximum absolute atomic E-state index is 12.5. The number of amides is 3. The highest BCUT2D eigenvalue weighted by atomic mass is 16.7. The minimum absolute atomic E-state index is 0.0347. The van der Waals surface area contributed by atoms with E-state index in [1.807, 2.05) is 18.2 Å². The molecule has 27 heavy (non-hydrogen) atoms. The molecule has 2 atom stereocenters. The lowest BCUT2D eigenvalue weighted by molar-refractivity contribution is -0.115. The summed E-state index contributed by atoms with van der Waals surface area (Å²) in [5.41, 5.74) is 1.06. The number of hydrogen-bond acceptors (Lipinski definition) is 4. The normalized spacial score (nSPS) is 25.1. The molecule has 1 saturated heterocycles. The molecule has 3 aliphatic rings. The second-order valence-electron chi connectivity index (χ2n) is 7.91. The van der Waals surface area contributed by atoms with Gasteiger partial charge in [0.2, 0.25) is 0 Å². The fraction of sp³-hybridized carbons (Fsp3) is 0.550. The largest absolute Gasteiger partial charge is 0.386 e. The van der Waals surface area contributed by atoms with Gasteiger partial charge in [-0.3, -0.25) is 4.79 Å². The van der Waals surface area contributed by atoms with E-state index in [0.29, 0.717) is 44.2 Å². The summed E-state index contributed by atoms with van der Waals surface area (Å²) in [6.07, 6.45) is 3.28. The van der Waals surface area contributed by atoms with E-state index < -0.39 is 5.60 Å². The van der Waals surface area contributed by atoms with Crippen molar-refractivity contribution in [3.8, 4) is 0 Å². The van der Waals surface area contributed by atoms with Gasteiger partial charge in [0.1, 0.15) is 5.71 Å². The molecule has 0 unspecified atom stereocenters. The summed E-state index contributed by atoms with van der Waals surface area (Å²) >= 11 is 0. The van der Waals surface area contributed by atoms with Crippen LogP contribution >= 0.6 is 0 Å². The van der Waals surface area contributed by atoms with Crippen LogP contribution in [-0.2, 0) is 9.63 Å². The Bertz CT molecular complexity index is 747. The van der Waals surface area contributed by atoms with Crippen LogP contribution < -0.4 is 10.6 Å². The molecule has 2 heterocycles. The molecular weight excluding hydrogens is 344 g/mol. The van der Waals surface area contributed by atoms with Gasteiger partial charge in [0.05, 0.1) is 6.54 Å². The van der Waals surface area contributed by atoms with E-state index >= 15 is 0 Å². The third kappa shape index (κ3) is 4.07. The highest BCUT2D eigenvalue weighted by Gasteiger charge is 2.48. The Morgan fingerprint density at radius 3 is 2.85 bits per heavy atom. The molecule has 1 aromatic carbocycles. The van der Waals surface area contributed by atoms with E-state index in [1.54, 1.807) is 4.90 Å². The molecule has 3 amide bonds. The fourth-order valence-corrected chi connectivity index (χ4v) is 3.62. The Balaban J connectivity index is 1.26. The predicted molar refractivity (Wildman–Crippen MR) is 101 cm³/mol. The summed E-state index contributed by atoms with van der Waals surface area (Å²) in [5, 5.41) is 9.99. The number of carbonyl (C=O) groups excluding carboxylic acids is 2. The molecule has 7 nitrogen and oxygen atoms in total. The van der Waals surface area contributed by atoms with Crippen LogP contribution in [0.15, 0.2) is 35.5 Å². The number of benzene rings is 1. The van der Waals surface area contributed by atoms with Gasteiger partial charge in [-0.15, -0.1) is 0 Å². The van der Waals surface area contributed by atoms with Gasteiger partial charge < -0.3 is 20.4 Å². The number of nitrogens with zero attached hydrogens (tertiary/aromatic N) is 2. The molecule has 2 fully saturated rings. The van der Waals surface area contributed by atoms with Crippen LogP contribution in [0.4, 0.5) is 4.79 Å².